The van der Waals surface area contributed by atoms with Crippen molar-refractivity contribution in [3.05, 3.63) is 52.3 Å². The van der Waals surface area contributed by atoms with Crippen LogP contribution in [0.5, 0.6) is 0 Å². The number of amides is 1. The molecule has 0 atom stereocenters. The molecule has 0 radical (unpaired) electrons. The third kappa shape index (κ3) is 4.60. The molecule has 6 nitrogen and oxygen atoms in total. The van der Waals surface area contributed by atoms with E-state index in [4.69, 9.17) is 23.2 Å². The molecule has 0 bridgehead atoms. The minimum atomic E-state index is -0.0802. The van der Waals surface area contributed by atoms with Gasteiger partial charge < -0.3 is 9.80 Å². The first-order chi connectivity index (χ1) is 14.5. The van der Waals surface area contributed by atoms with Gasteiger partial charge in [0.05, 0.1) is 10.0 Å². The SMILES string of the molecule is O=C(c1ccc(Cl)c(Cl)c1)C1CCN(C(=O)C2CCN(c3ncccn3)CC2)CC1. The van der Waals surface area contributed by atoms with Crippen LogP contribution < -0.4 is 4.90 Å². The highest BCUT2D eigenvalue weighted by Crippen LogP contribution is 2.29. The lowest BCUT2D eigenvalue weighted by Crippen LogP contribution is -2.46. The molecule has 158 valence electrons. The lowest BCUT2D eigenvalue weighted by Gasteiger charge is -2.37. The monoisotopic (exact) mass is 446 g/mol. The fraction of sp³-hybridized carbons (Fsp3) is 0.455. The van der Waals surface area contributed by atoms with Crippen LogP contribution in [0, 0.1) is 11.8 Å². The van der Waals surface area contributed by atoms with Gasteiger partial charge in [-0.15, -0.1) is 0 Å². The van der Waals surface area contributed by atoms with Crippen LogP contribution in [0.15, 0.2) is 36.7 Å². The highest BCUT2D eigenvalue weighted by molar-refractivity contribution is 6.42. The van der Waals surface area contributed by atoms with Crippen molar-refractivity contribution in [3.63, 3.8) is 0 Å². The van der Waals surface area contributed by atoms with E-state index in [2.05, 4.69) is 14.9 Å². The van der Waals surface area contributed by atoms with Crippen molar-refractivity contribution < 1.29 is 9.59 Å². The Kier molecular flexibility index (Phi) is 6.54. The van der Waals surface area contributed by atoms with E-state index in [1.165, 1.54) is 0 Å². The molecule has 1 aromatic heterocycles. The van der Waals surface area contributed by atoms with Gasteiger partial charge in [-0.25, -0.2) is 9.97 Å². The predicted molar refractivity (Wildman–Crippen MR) is 117 cm³/mol. The predicted octanol–water partition coefficient (Wildman–Crippen LogP) is 4.12. The van der Waals surface area contributed by atoms with Gasteiger partial charge >= 0.3 is 0 Å². The number of anilines is 1. The van der Waals surface area contributed by atoms with E-state index in [-0.39, 0.29) is 23.5 Å². The average molecular weight is 447 g/mol. The third-order valence-electron chi connectivity index (χ3n) is 6.06. The van der Waals surface area contributed by atoms with Gasteiger partial charge in [0.1, 0.15) is 0 Å². The summed E-state index contributed by atoms with van der Waals surface area (Å²) in [6, 6.07) is 6.81. The molecule has 0 N–H and O–H groups in total. The molecule has 1 aromatic carbocycles. The van der Waals surface area contributed by atoms with Gasteiger partial charge in [-0.1, -0.05) is 23.2 Å². The Labute approximate surface area is 186 Å². The summed E-state index contributed by atoms with van der Waals surface area (Å²) in [5.41, 5.74) is 0.588. The molecular weight excluding hydrogens is 423 g/mol. The lowest BCUT2D eigenvalue weighted by molar-refractivity contribution is -0.137. The largest absolute Gasteiger partial charge is 0.342 e. The molecule has 1 amide bonds. The minimum Gasteiger partial charge on any atom is -0.342 e. The van der Waals surface area contributed by atoms with Crippen LogP contribution in [-0.4, -0.2) is 52.7 Å². The van der Waals surface area contributed by atoms with E-state index in [1.807, 2.05) is 4.90 Å². The number of carbonyl (C=O) groups excluding carboxylic acids is 2. The maximum absolute atomic E-state index is 13.0. The number of halogens is 2. The fourth-order valence-electron chi connectivity index (χ4n) is 4.29. The van der Waals surface area contributed by atoms with E-state index >= 15 is 0 Å². The first-order valence-electron chi connectivity index (χ1n) is 10.3. The van der Waals surface area contributed by atoms with Crippen molar-refractivity contribution in [2.75, 3.05) is 31.1 Å². The van der Waals surface area contributed by atoms with Crippen LogP contribution in [0.3, 0.4) is 0 Å². The molecule has 2 saturated heterocycles. The zero-order valence-corrected chi connectivity index (χ0v) is 18.1. The Morgan fingerprint density at radius 3 is 2.13 bits per heavy atom. The highest BCUT2D eigenvalue weighted by Gasteiger charge is 2.33. The zero-order chi connectivity index (χ0) is 21.1. The van der Waals surface area contributed by atoms with E-state index in [0.717, 1.165) is 31.9 Å². The molecule has 0 unspecified atom stereocenters. The first kappa shape index (κ1) is 21.1. The summed E-state index contributed by atoms with van der Waals surface area (Å²) in [7, 11) is 0. The Bertz CT molecular complexity index is 909. The number of carbonyl (C=O) groups is 2. The topological polar surface area (TPSA) is 66.4 Å². The van der Waals surface area contributed by atoms with Gasteiger partial charge in [0.25, 0.3) is 0 Å². The van der Waals surface area contributed by atoms with Crippen LogP contribution in [0.25, 0.3) is 0 Å². The Morgan fingerprint density at radius 2 is 1.50 bits per heavy atom. The lowest BCUT2D eigenvalue weighted by atomic mass is 9.87. The second-order valence-electron chi connectivity index (χ2n) is 7.90. The Morgan fingerprint density at radius 1 is 0.867 bits per heavy atom. The molecule has 0 spiro atoms. The van der Waals surface area contributed by atoms with E-state index < -0.39 is 0 Å². The maximum atomic E-state index is 13.0. The number of nitrogens with zero attached hydrogens (tertiary/aromatic N) is 4. The van der Waals surface area contributed by atoms with E-state index in [9.17, 15) is 9.59 Å². The van der Waals surface area contributed by atoms with Gasteiger partial charge in [0.15, 0.2) is 5.78 Å². The van der Waals surface area contributed by atoms with Crippen molar-refractivity contribution in [1.82, 2.24) is 14.9 Å². The molecule has 0 aliphatic carbocycles. The smallest absolute Gasteiger partial charge is 0.225 e. The standard InChI is InChI=1S/C22H24Cl2N4O2/c23-18-3-2-17(14-19(18)24)20(29)15-4-10-27(11-5-15)21(30)16-6-12-28(13-7-16)22-25-8-1-9-26-22/h1-3,8-9,14-16H,4-7,10-13H2. The molecule has 30 heavy (non-hydrogen) atoms. The zero-order valence-electron chi connectivity index (χ0n) is 16.6. The van der Waals surface area contributed by atoms with Crippen LogP contribution >= 0.6 is 23.2 Å². The molecule has 2 aromatic rings. The quantitative estimate of drug-likeness (QED) is 0.660. The van der Waals surface area contributed by atoms with E-state index in [1.54, 1.807) is 36.7 Å². The summed E-state index contributed by atoms with van der Waals surface area (Å²) in [5, 5.41) is 0.834. The number of piperidine rings is 2. The van der Waals surface area contributed by atoms with Gasteiger partial charge in [0.2, 0.25) is 11.9 Å². The summed E-state index contributed by atoms with van der Waals surface area (Å²) in [5.74, 6) is 0.974. The number of benzene rings is 1. The second kappa shape index (κ2) is 9.31. The van der Waals surface area contributed by atoms with Crippen LogP contribution in [0.2, 0.25) is 10.0 Å². The Balaban J connectivity index is 1.28. The molecule has 8 heteroatoms. The maximum Gasteiger partial charge on any atom is 0.225 e. The van der Waals surface area contributed by atoms with Gasteiger partial charge in [0, 0.05) is 56.0 Å². The molecule has 2 aliphatic rings. The minimum absolute atomic E-state index is 0.0345. The van der Waals surface area contributed by atoms with Gasteiger partial charge in [-0.05, 0) is 49.9 Å². The van der Waals surface area contributed by atoms with Crippen molar-refractivity contribution in [2.24, 2.45) is 11.8 Å². The highest BCUT2D eigenvalue weighted by atomic mass is 35.5. The number of likely N-dealkylation sites (tertiary alicyclic amines) is 1. The average Bonchev–Trinajstić information content (AvgIpc) is 2.81. The number of hydrogen-bond acceptors (Lipinski definition) is 5. The third-order valence-corrected chi connectivity index (χ3v) is 6.80. The van der Waals surface area contributed by atoms with Crippen LogP contribution in [-0.2, 0) is 4.79 Å². The van der Waals surface area contributed by atoms with Crippen molar-refractivity contribution in [1.29, 1.82) is 0 Å². The number of aromatic nitrogens is 2. The summed E-state index contributed by atoms with van der Waals surface area (Å²) in [6.07, 6.45) is 6.45. The summed E-state index contributed by atoms with van der Waals surface area (Å²) < 4.78 is 0. The molecule has 4 rings (SSSR count). The van der Waals surface area contributed by atoms with Crippen molar-refractivity contribution in [2.45, 2.75) is 25.7 Å². The summed E-state index contributed by atoms with van der Waals surface area (Å²) in [4.78, 5) is 38.4. The van der Waals surface area contributed by atoms with E-state index in [0.29, 0.717) is 41.5 Å². The molecule has 2 fully saturated rings. The molecule has 3 heterocycles. The van der Waals surface area contributed by atoms with Gasteiger partial charge in [-0.3, -0.25) is 9.59 Å². The molecule has 0 saturated carbocycles. The summed E-state index contributed by atoms with van der Waals surface area (Å²) in [6.45, 7) is 2.82. The first-order valence-corrected chi connectivity index (χ1v) is 11.1. The van der Waals surface area contributed by atoms with Crippen molar-refractivity contribution in [3.8, 4) is 0 Å². The summed E-state index contributed by atoms with van der Waals surface area (Å²) >= 11 is 12.0. The normalized spacial score (nSPS) is 18.5. The second-order valence-corrected chi connectivity index (χ2v) is 8.72. The fourth-order valence-corrected chi connectivity index (χ4v) is 4.58. The van der Waals surface area contributed by atoms with Crippen LogP contribution in [0.1, 0.15) is 36.0 Å². The number of hydrogen-bond donors (Lipinski definition) is 0. The number of Topliss-reactive ketones (excluding diaryl/α,β-unsaturated/α-hetero) is 1. The number of rotatable bonds is 4. The molecule has 2 aliphatic heterocycles. The van der Waals surface area contributed by atoms with Crippen molar-refractivity contribution >= 4 is 40.8 Å². The number of ketones is 1. The van der Waals surface area contributed by atoms with Crippen LogP contribution in [0.4, 0.5) is 5.95 Å². The molecular formula is C22H24Cl2N4O2. The Hall–Kier alpha value is -2.18. The van der Waals surface area contributed by atoms with Gasteiger partial charge in [-0.2, -0.15) is 0 Å².